The van der Waals surface area contributed by atoms with Gasteiger partial charge in [0.25, 0.3) is 0 Å². The molecule has 0 aromatic heterocycles. The molecule has 3 nitrogen and oxygen atoms in total. The Morgan fingerprint density at radius 1 is 0.950 bits per heavy atom. The highest BCUT2D eigenvalue weighted by Crippen LogP contribution is 2.67. The van der Waals surface area contributed by atoms with Crippen LogP contribution in [-0.2, 0) is 9.53 Å². The molecule has 4 aliphatic carbocycles. The Labute approximate surface area is 247 Å². The molecule has 0 spiro atoms. The van der Waals surface area contributed by atoms with Gasteiger partial charge < -0.3 is 9.84 Å². The molecule has 9 unspecified atom stereocenters. The predicted octanol–water partition coefficient (Wildman–Crippen LogP) is 10.1. The molecule has 3 heteroatoms. The molecule has 0 radical (unpaired) electrons. The van der Waals surface area contributed by atoms with Crippen molar-refractivity contribution < 1.29 is 14.6 Å². The smallest absolute Gasteiger partial charge is 0.306 e. The van der Waals surface area contributed by atoms with Gasteiger partial charge in [-0.1, -0.05) is 91.7 Å². The molecule has 0 bridgehead atoms. The van der Waals surface area contributed by atoms with E-state index in [9.17, 15) is 9.90 Å². The van der Waals surface area contributed by atoms with Gasteiger partial charge in [-0.3, -0.25) is 4.79 Å². The summed E-state index contributed by atoms with van der Waals surface area (Å²) in [7, 11) is 0. The lowest BCUT2D eigenvalue weighted by Gasteiger charge is -2.58. The number of ether oxygens (including phenoxy) is 1. The number of allylic oxidation sites excluding steroid dienone is 1. The Bertz CT molecular complexity index is 846. The van der Waals surface area contributed by atoms with Crippen LogP contribution in [0.1, 0.15) is 157 Å². The van der Waals surface area contributed by atoms with Gasteiger partial charge in [0, 0.05) is 12.8 Å². The minimum atomic E-state index is -0.153. The van der Waals surface area contributed by atoms with Gasteiger partial charge in [0.2, 0.25) is 0 Å². The van der Waals surface area contributed by atoms with Gasteiger partial charge in [-0.2, -0.15) is 0 Å². The molecule has 0 saturated heterocycles. The molecule has 3 fully saturated rings. The van der Waals surface area contributed by atoms with Gasteiger partial charge in [0.15, 0.2) is 0 Å². The summed E-state index contributed by atoms with van der Waals surface area (Å²) in [6.07, 6.45) is 23.6. The summed E-state index contributed by atoms with van der Waals surface area (Å²) in [4.78, 5) is 12.6. The first-order valence-corrected chi connectivity index (χ1v) is 17.7. The molecule has 9 atom stereocenters. The van der Waals surface area contributed by atoms with Crippen molar-refractivity contribution in [1.29, 1.82) is 0 Å². The first-order chi connectivity index (χ1) is 19.1. The summed E-state index contributed by atoms with van der Waals surface area (Å²) in [6, 6.07) is 0. The topological polar surface area (TPSA) is 46.5 Å². The Balaban J connectivity index is 1.31. The molecule has 0 aromatic rings. The van der Waals surface area contributed by atoms with Crippen molar-refractivity contribution in [2.75, 3.05) is 0 Å². The maximum Gasteiger partial charge on any atom is 0.306 e. The molecule has 0 heterocycles. The van der Waals surface area contributed by atoms with Crippen LogP contribution >= 0.6 is 0 Å². The normalized spacial score (nSPS) is 36.8. The number of fused-ring (bicyclic) bond motifs is 5. The molecule has 3 saturated carbocycles. The number of unbranched alkanes of at least 4 members (excludes halogenated alkanes) is 6. The lowest BCUT2D eigenvalue weighted by Crippen LogP contribution is -2.51. The van der Waals surface area contributed by atoms with E-state index in [2.05, 4.69) is 47.6 Å². The molecule has 0 aromatic carbocycles. The number of aliphatic hydroxyl groups is 1. The highest BCUT2D eigenvalue weighted by atomic mass is 16.5. The third-order valence-corrected chi connectivity index (χ3v) is 12.7. The average molecular weight is 557 g/mol. The Morgan fingerprint density at radius 3 is 2.40 bits per heavy atom. The van der Waals surface area contributed by atoms with Crippen LogP contribution in [0.4, 0.5) is 0 Å². The third kappa shape index (κ3) is 7.03. The first kappa shape index (κ1) is 32.1. The number of aliphatic hydroxyl groups excluding tert-OH is 1. The summed E-state index contributed by atoms with van der Waals surface area (Å²) in [5, 5.41) is 11.1. The Kier molecular flexibility index (Phi) is 11.3. The van der Waals surface area contributed by atoms with Crippen molar-refractivity contribution in [2.45, 2.75) is 169 Å². The van der Waals surface area contributed by atoms with Crippen LogP contribution in [0.25, 0.3) is 0 Å². The first-order valence-electron chi connectivity index (χ1n) is 17.7. The van der Waals surface area contributed by atoms with Crippen molar-refractivity contribution in [2.24, 2.45) is 46.3 Å². The SMILES string of the molecule is CCCCCCCCCC(=O)OC1CCC2(C)C(=CCC3C2CCC2(C)C(C(C)C(O)CCC(C)C)CCC32)C1. The van der Waals surface area contributed by atoms with Gasteiger partial charge in [-0.25, -0.2) is 0 Å². The minimum absolute atomic E-state index is 0.0339. The molecule has 0 aliphatic heterocycles. The van der Waals surface area contributed by atoms with Crippen LogP contribution in [0, 0.1) is 46.3 Å². The highest BCUT2D eigenvalue weighted by Gasteiger charge is 2.59. The number of hydrogen-bond donors (Lipinski definition) is 1. The maximum atomic E-state index is 12.6. The standard InChI is InChI=1S/C37H64O3/c1-7-8-9-10-11-12-13-14-35(39)40-29-21-23-36(5)28(25-29)16-17-30-32-19-18-31(37(32,6)24-22-33(30)36)27(4)34(38)20-15-26(2)3/h16,26-27,29-34,38H,7-15,17-25H2,1-6H3. The summed E-state index contributed by atoms with van der Waals surface area (Å²) in [6.45, 7) is 14.3. The summed E-state index contributed by atoms with van der Waals surface area (Å²) in [5.41, 5.74) is 2.26. The molecule has 40 heavy (non-hydrogen) atoms. The second-order valence-corrected chi connectivity index (χ2v) is 15.6. The van der Waals surface area contributed by atoms with Crippen LogP contribution < -0.4 is 0 Å². The monoisotopic (exact) mass is 556 g/mol. The van der Waals surface area contributed by atoms with E-state index >= 15 is 0 Å². The lowest BCUT2D eigenvalue weighted by atomic mass is 9.47. The van der Waals surface area contributed by atoms with Gasteiger partial charge in [-0.05, 0) is 111 Å². The number of carbonyl (C=O) groups is 1. The number of esters is 1. The van der Waals surface area contributed by atoms with Crippen molar-refractivity contribution in [3.63, 3.8) is 0 Å². The second kappa shape index (κ2) is 14.1. The summed E-state index contributed by atoms with van der Waals surface area (Å²) >= 11 is 0. The Hall–Kier alpha value is -0.830. The van der Waals surface area contributed by atoms with E-state index in [1.807, 2.05) is 0 Å². The number of rotatable bonds is 14. The molecule has 4 aliphatic rings. The van der Waals surface area contributed by atoms with E-state index in [-0.39, 0.29) is 23.6 Å². The zero-order valence-electron chi connectivity index (χ0n) is 27.2. The molecular weight excluding hydrogens is 492 g/mol. The van der Waals surface area contributed by atoms with Gasteiger partial charge >= 0.3 is 5.97 Å². The lowest BCUT2D eigenvalue weighted by molar-refractivity contribution is -0.151. The number of hydrogen-bond acceptors (Lipinski definition) is 3. The van der Waals surface area contributed by atoms with Crippen molar-refractivity contribution in [3.05, 3.63) is 11.6 Å². The van der Waals surface area contributed by atoms with Crippen LogP contribution in [-0.4, -0.2) is 23.3 Å². The van der Waals surface area contributed by atoms with Crippen LogP contribution in [0.5, 0.6) is 0 Å². The second-order valence-electron chi connectivity index (χ2n) is 15.6. The molecular formula is C37H64O3. The van der Waals surface area contributed by atoms with E-state index in [0.717, 1.165) is 56.3 Å². The number of carbonyl (C=O) groups excluding carboxylic acids is 1. The van der Waals surface area contributed by atoms with Crippen LogP contribution in [0.2, 0.25) is 0 Å². The van der Waals surface area contributed by atoms with Crippen molar-refractivity contribution in [3.8, 4) is 0 Å². The van der Waals surface area contributed by atoms with E-state index in [4.69, 9.17) is 4.74 Å². The predicted molar refractivity (Wildman–Crippen MR) is 167 cm³/mol. The fourth-order valence-electron chi connectivity index (χ4n) is 10.1. The zero-order valence-corrected chi connectivity index (χ0v) is 27.2. The van der Waals surface area contributed by atoms with Gasteiger partial charge in [-0.15, -0.1) is 0 Å². The van der Waals surface area contributed by atoms with Crippen molar-refractivity contribution in [1.82, 2.24) is 0 Å². The average Bonchev–Trinajstić information content (AvgIpc) is 3.28. The summed E-state index contributed by atoms with van der Waals surface area (Å²) < 4.78 is 6.05. The van der Waals surface area contributed by atoms with Crippen LogP contribution in [0.3, 0.4) is 0 Å². The van der Waals surface area contributed by atoms with Gasteiger partial charge in [0.1, 0.15) is 6.10 Å². The van der Waals surface area contributed by atoms with E-state index < -0.39 is 0 Å². The van der Waals surface area contributed by atoms with Crippen LogP contribution in [0.15, 0.2) is 11.6 Å². The van der Waals surface area contributed by atoms with E-state index in [1.165, 1.54) is 70.6 Å². The molecule has 1 N–H and O–H groups in total. The summed E-state index contributed by atoms with van der Waals surface area (Å²) in [5.74, 6) is 4.11. The Morgan fingerprint density at radius 2 is 1.68 bits per heavy atom. The fourth-order valence-corrected chi connectivity index (χ4v) is 10.1. The fraction of sp³-hybridized carbons (Fsp3) is 0.919. The van der Waals surface area contributed by atoms with E-state index in [1.54, 1.807) is 5.57 Å². The zero-order chi connectivity index (χ0) is 28.9. The third-order valence-electron chi connectivity index (χ3n) is 12.7. The quantitative estimate of drug-likeness (QED) is 0.131. The van der Waals surface area contributed by atoms with E-state index in [0.29, 0.717) is 29.6 Å². The van der Waals surface area contributed by atoms with Gasteiger partial charge in [0.05, 0.1) is 6.10 Å². The largest absolute Gasteiger partial charge is 0.462 e. The highest BCUT2D eigenvalue weighted by molar-refractivity contribution is 5.69. The minimum Gasteiger partial charge on any atom is -0.462 e. The molecule has 4 rings (SSSR count). The molecule has 230 valence electrons. The van der Waals surface area contributed by atoms with Crippen molar-refractivity contribution >= 4 is 5.97 Å². The maximum absolute atomic E-state index is 12.6. The molecule has 0 amide bonds.